The van der Waals surface area contributed by atoms with Crippen molar-refractivity contribution in [3.8, 4) is 0 Å². The van der Waals surface area contributed by atoms with E-state index in [1.807, 2.05) is 0 Å². The molecular formula is C8H12N2O5. The topological polar surface area (TPSA) is 110 Å². The van der Waals surface area contributed by atoms with E-state index in [4.69, 9.17) is 5.11 Å². The monoisotopic (exact) mass is 216 g/mol. The Morgan fingerprint density at radius 1 is 1.40 bits per heavy atom. The number of piperidine rings is 1. The molecular weight excluding hydrogens is 204 g/mol. The highest BCUT2D eigenvalue weighted by Gasteiger charge is 2.50. The molecule has 0 aromatic carbocycles. The summed E-state index contributed by atoms with van der Waals surface area (Å²) in [6.45, 7) is -0.346. The molecule has 15 heavy (non-hydrogen) atoms. The smallest absolute Gasteiger partial charge is 0.313 e. The Balaban J connectivity index is 2.28. The van der Waals surface area contributed by atoms with Gasteiger partial charge in [-0.05, 0) is 6.42 Å². The van der Waals surface area contributed by atoms with Crippen LogP contribution < -0.4 is 5.32 Å². The molecule has 7 nitrogen and oxygen atoms in total. The zero-order valence-corrected chi connectivity index (χ0v) is 7.83. The van der Waals surface area contributed by atoms with Crippen molar-refractivity contribution in [1.29, 1.82) is 0 Å². The molecule has 4 N–H and O–H groups in total. The highest BCUT2D eigenvalue weighted by Crippen LogP contribution is 2.25. The van der Waals surface area contributed by atoms with Crippen LogP contribution in [0.4, 0.5) is 0 Å². The summed E-state index contributed by atoms with van der Waals surface area (Å²) in [5.74, 6) is -1.59. The van der Waals surface area contributed by atoms with Crippen LogP contribution in [0.15, 0.2) is 0 Å². The Kier molecular flexibility index (Phi) is 2.37. The summed E-state index contributed by atoms with van der Waals surface area (Å²) in [7, 11) is 0. The SMILES string of the molecule is O=C1N[C@@H]2[C@@H](O)[C@@H](O)C[C@@H](CO)N2C1=O. The lowest BCUT2D eigenvalue weighted by Crippen LogP contribution is -2.61. The number of rotatable bonds is 1. The third-order valence-corrected chi connectivity index (χ3v) is 2.84. The molecule has 0 unspecified atom stereocenters. The van der Waals surface area contributed by atoms with Crippen molar-refractivity contribution in [2.45, 2.75) is 30.8 Å². The summed E-state index contributed by atoms with van der Waals surface area (Å²) in [6.07, 6.45) is -3.11. The Hall–Kier alpha value is -1.18. The summed E-state index contributed by atoms with van der Waals surface area (Å²) in [6, 6.07) is -0.625. The van der Waals surface area contributed by atoms with E-state index in [0.717, 1.165) is 4.90 Å². The van der Waals surface area contributed by atoms with E-state index in [1.54, 1.807) is 0 Å². The first kappa shape index (κ1) is 10.3. The van der Waals surface area contributed by atoms with Gasteiger partial charge in [0.25, 0.3) is 0 Å². The van der Waals surface area contributed by atoms with Crippen LogP contribution in [-0.4, -0.2) is 63.1 Å². The van der Waals surface area contributed by atoms with E-state index in [-0.39, 0.29) is 13.0 Å². The number of aliphatic hydroxyl groups excluding tert-OH is 3. The number of carbonyl (C=O) groups excluding carboxylic acids is 2. The molecule has 0 aromatic rings. The van der Waals surface area contributed by atoms with Gasteiger partial charge >= 0.3 is 11.8 Å². The van der Waals surface area contributed by atoms with Crippen molar-refractivity contribution < 1.29 is 24.9 Å². The van der Waals surface area contributed by atoms with Gasteiger partial charge in [-0.1, -0.05) is 0 Å². The Morgan fingerprint density at radius 3 is 2.67 bits per heavy atom. The molecule has 2 aliphatic rings. The number of fused-ring (bicyclic) bond motifs is 1. The maximum absolute atomic E-state index is 11.4. The third-order valence-electron chi connectivity index (χ3n) is 2.84. The molecule has 0 bridgehead atoms. The van der Waals surface area contributed by atoms with Crippen molar-refractivity contribution in [1.82, 2.24) is 10.2 Å². The number of aliphatic hydroxyl groups is 3. The molecule has 0 radical (unpaired) electrons. The van der Waals surface area contributed by atoms with Crippen molar-refractivity contribution in [3.05, 3.63) is 0 Å². The minimum absolute atomic E-state index is 0.0644. The second-order valence-electron chi connectivity index (χ2n) is 3.76. The van der Waals surface area contributed by atoms with Gasteiger partial charge in [-0.3, -0.25) is 9.59 Å². The summed E-state index contributed by atoms with van der Waals surface area (Å²) in [4.78, 5) is 23.5. The number of carbonyl (C=O) groups is 2. The number of amides is 2. The molecule has 84 valence electrons. The van der Waals surface area contributed by atoms with E-state index in [9.17, 15) is 19.8 Å². The largest absolute Gasteiger partial charge is 0.394 e. The molecule has 2 saturated heterocycles. The van der Waals surface area contributed by atoms with Gasteiger partial charge in [0.05, 0.1) is 18.8 Å². The average Bonchev–Trinajstić information content (AvgIpc) is 2.50. The predicted molar refractivity (Wildman–Crippen MR) is 46.3 cm³/mol. The third kappa shape index (κ3) is 1.39. The molecule has 2 rings (SSSR count). The summed E-state index contributed by atoms with van der Waals surface area (Å²) < 4.78 is 0. The lowest BCUT2D eigenvalue weighted by Gasteiger charge is -2.41. The van der Waals surface area contributed by atoms with Gasteiger partial charge in [-0.2, -0.15) is 0 Å². The fraction of sp³-hybridized carbons (Fsp3) is 0.750. The van der Waals surface area contributed by atoms with Crippen LogP contribution in [0.3, 0.4) is 0 Å². The number of nitrogens with one attached hydrogen (secondary N) is 1. The van der Waals surface area contributed by atoms with Gasteiger partial charge in [-0.15, -0.1) is 0 Å². The van der Waals surface area contributed by atoms with Crippen LogP contribution in [-0.2, 0) is 9.59 Å². The summed E-state index contributed by atoms with van der Waals surface area (Å²) in [5, 5.41) is 30.3. The molecule has 0 aromatic heterocycles. The van der Waals surface area contributed by atoms with Crippen LogP contribution in [0.2, 0.25) is 0 Å². The number of nitrogens with zero attached hydrogens (tertiary/aromatic N) is 1. The van der Waals surface area contributed by atoms with Crippen LogP contribution in [0.1, 0.15) is 6.42 Å². The normalized spacial score (nSPS) is 40.3. The van der Waals surface area contributed by atoms with Gasteiger partial charge in [-0.25, -0.2) is 0 Å². The number of hydrogen-bond donors (Lipinski definition) is 4. The fourth-order valence-corrected chi connectivity index (χ4v) is 2.06. The first-order chi connectivity index (χ1) is 7.06. The van der Waals surface area contributed by atoms with E-state index in [1.165, 1.54) is 0 Å². The second kappa shape index (κ2) is 3.44. The molecule has 2 fully saturated rings. The standard InChI is InChI=1S/C8H12N2O5/c11-2-3-1-4(12)5(13)6-9-7(14)8(15)10(3)6/h3-6,11-13H,1-2H2,(H,9,14)/t3-,4-,5-,6-/m0/s1. The zero-order chi connectivity index (χ0) is 11.2. The van der Waals surface area contributed by atoms with Gasteiger partial charge < -0.3 is 25.5 Å². The molecule has 4 atom stereocenters. The van der Waals surface area contributed by atoms with Crippen LogP contribution in [0.5, 0.6) is 0 Å². The van der Waals surface area contributed by atoms with Crippen molar-refractivity contribution >= 4 is 11.8 Å². The van der Waals surface area contributed by atoms with Crippen molar-refractivity contribution in [3.63, 3.8) is 0 Å². The Bertz CT molecular complexity index is 307. The number of hydrogen-bond acceptors (Lipinski definition) is 5. The molecule has 7 heteroatoms. The maximum atomic E-state index is 11.4. The molecule has 0 aliphatic carbocycles. The average molecular weight is 216 g/mol. The second-order valence-corrected chi connectivity index (χ2v) is 3.76. The summed E-state index contributed by atoms with van der Waals surface area (Å²) in [5.41, 5.74) is 0. The van der Waals surface area contributed by atoms with E-state index >= 15 is 0 Å². The maximum Gasteiger partial charge on any atom is 0.313 e. The van der Waals surface area contributed by atoms with E-state index < -0.39 is 36.2 Å². The zero-order valence-electron chi connectivity index (χ0n) is 7.83. The quantitative estimate of drug-likeness (QED) is 0.344. The van der Waals surface area contributed by atoms with Gasteiger partial charge in [0.15, 0.2) is 0 Å². The molecule has 0 spiro atoms. The molecule has 2 aliphatic heterocycles. The first-order valence-electron chi connectivity index (χ1n) is 4.66. The van der Waals surface area contributed by atoms with E-state index in [0.29, 0.717) is 0 Å². The van der Waals surface area contributed by atoms with Gasteiger partial charge in [0, 0.05) is 0 Å². The van der Waals surface area contributed by atoms with Crippen molar-refractivity contribution in [2.24, 2.45) is 0 Å². The van der Waals surface area contributed by atoms with E-state index in [2.05, 4.69) is 5.32 Å². The van der Waals surface area contributed by atoms with Gasteiger partial charge in [0.2, 0.25) is 0 Å². The first-order valence-corrected chi connectivity index (χ1v) is 4.66. The fourth-order valence-electron chi connectivity index (χ4n) is 2.06. The lowest BCUT2D eigenvalue weighted by atomic mass is 9.96. The molecule has 0 saturated carbocycles. The van der Waals surface area contributed by atoms with Crippen LogP contribution >= 0.6 is 0 Å². The van der Waals surface area contributed by atoms with Crippen LogP contribution in [0.25, 0.3) is 0 Å². The Labute approximate surface area is 85.3 Å². The highest BCUT2D eigenvalue weighted by molar-refractivity contribution is 6.37. The lowest BCUT2D eigenvalue weighted by molar-refractivity contribution is -0.149. The van der Waals surface area contributed by atoms with Crippen LogP contribution in [0, 0.1) is 0 Å². The van der Waals surface area contributed by atoms with Crippen molar-refractivity contribution in [2.75, 3.05) is 6.61 Å². The highest BCUT2D eigenvalue weighted by atomic mass is 16.3. The Morgan fingerprint density at radius 2 is 2.07 bits per heavy atom. The van der Waals surface area contributed by atoms with Gasteiger partial charge in [0.1, 0.15) is 12.3 Å². The molecule has 2 heterocycles. The minimum atomic E-state index is -1.21. The minimum Gasteiger partial charge on any atom is -0.394 e. The predicted octanol–water partition coefficient (Wildman–Crippen LogP) is -3.24. The summed E-state index contributed by atoms with van der Waals surface area (Å²) >= 11 is 0. The molecule has 2 amide bonds.